The molecule has 0 aliphatic rings. The maximum Gasteiger partial charge on any atom is 0.469 e. The third-order valence-electron chi connectivity index (χ3n) is 7.27. The van der Waals surface area contributed by atoms with Gasteiger partial charge in [0.15, 0.2) is 0 Å². The van der Waals surface area contributed by atoms with E-state index in [4.69, 9.17) is 14.8 Å². The molecule has 1 heterocycles. The maximum absolute atomic E-state index is 11.3. The van der Waals surface area contributed by atoms with Crippen LogP contribution in [0.25, 0.3) is 33.9 Å². The fourth-order valence-corrected chi connectivity index (χ4v) is 5.34. The number of anilines is 1. The highest BCUT2D eigenvalue weighted by molar-refractivity contribution is 7.46. The van der Waals surface area contributed by atoms with Crippen LogP contribution in [0, 0.1) is 0 Å². The van der Waals surface area contributed by atoms with Gasteiger partial charge in [0.2, 0.25) is 0 Å². The highest BCUT2D eigenvalue weighted by Crippen LogP contribution is 2.43. The molecule has 42 heavy (non-hydrogen) atoms. The number of phenols is 1. The van der Waals surface area contributed by atoms with Crippen molar-refractivity contribution in [3.8, 4) is 39.7 Å². The summed E-state index contributed by atoms with van der Waals surface area (Å²) in [5, 5.41) is 11.3. The second-order valence-corrected chi connectivity index (χ2v) is 13.8. The average molecular weight is 592 g/mol. The number of H-pyrrole nitrogens is 1. The first-order chi connectivity index (χ1) is 19.6. The maximum atomic E-state index is 11.3. The zero-order chi connectivity index (χ0) is 30.9. The molecule has 4 rings (SSSR count). The molecule has 9 heteroatoms. The second-order valence-electron chi connectivity index (χ2n) is 12.5. The van der Waals surface area contributed by atoms with Gasteiger partial charge in [0.25, 0.3) is 0 Å². The van der Waals surface area contributed by atoms with Gasteiger partial charge in [-0.25, -0.2) is 9.55 Å². The summed E-state index contributed by atoms with van der Waals surface area (Å²) < 4.78 is 15.7. The molecule has 0 saturated heterocycles. The third kappa shape index (κ3) is 7.31. The molecule has 0 atom stereocenters. The average Bonchev–Trinajstić information content (AvgIpc) is 3.35. The number of aromatic hydroxyl groups is 1. The lowest BCUT2D eigenvalue weighted by atomic mass is 9.78. The van der Waals surface area contributed by atoms with Crippen LogP contribution in [-0.4, -0.2) is 44.6 Å². The van der Waals surface area contributed by atoms with Crippen LogP contribution in [0.4, 0.5) is 5.69 Å². The Morgan fingerprint density at radius 1 is 0.857 bits per heavy atom. The Balaban J connectivity index is 1.79. The Kier molecular flexibility index (Phi) is 9.05. The first-order valence-corrected chi connectivity index (χ1v) is 15.7. The lowest BCUT2D eigenvalue weighted by Crippen LogP contribution is -2.26. The fraction of sp³-hybridized carbons (Fsp3) is 0.364. The normalized spacial score (nSPS) is 12.5. The first-order valence-electron chi connectivity index (χ1n) is 14.2. The molecule has 1 aromatic heterocycles. The van der Waals surface area contributed by atoms with Crippen LogP contribution in [0.15, 0.2) is 66.7 Å². The fourth-order valence-electron chi connectivity index (χ4n) is 5.02. The zero-order valence-corrected chi connectivity index (χ0v) is 26.4. The van der Waals surface area contributed by atoms with Gasteiger partial charge >= 0.3 is 7.82 Å². The van der Waals surface area contributed by atoms with Crippen LogP contribution in [0.5, 0.6) is 5.75 Å². The van der Waals surface area contributed by atoms with Gasteiger partial charge in [-0.1, -0.05) is 84.0 Å². The molecule has 0 spiro atoms. The molecule has 224 valence electrons. The lowest BCUT2D eigenvalue weighted by molar-refractivity contribution is 0.201. The van der Waals surface area contributed by atoms with Crippen molar-refractivity contribution in [2.45, 2.75) is 59.3 Å². The Labute approximate surface area is 248 Å². The van der Waals surface area contributed by atoms with Crippen LogP contribution in [0.3, 0.4) is 0 Å². The Bertz CT molecular complexity index is 1530. The van der Waals surface area contributed by atoms with Crippen LogP contribution in [0.1, 0.15) is 59.6 Å². The van der Waals surface area contributed by atoms with E-state index in [0.29, 0.717) is 24.7 Å². The molecule has 0 unspecified atom stereocenters. The summed E-state index contributed by atoms with van der Waals surface area (Å²) >= 11 is 0. The van der Waals surface area contributed by atoms with Gasteiger partial charge in [0, 0.05) is 46.6 Å². The van der Waals surface area contributed by atoms with Crippen molar-refractivity contribution in [3.05, 3.63) is 77.9 Å². The summed E-state index contributed by atoms with van der Waals surface area (Å²) in [7, 11) is -4.51. The van der Waals surface area contributed by atoms with Crippen molar-refractivity contribution in [3.63, 3.8) is 0 Å². The molecule has 0 fully saturated rings. The molecule has 8 nitrogen and oxygen atoms in total. The van der Waals surface area contributed by atoms with Gasteiger partial charge in [0.1, 0.15) is 11.6 Å². The number of rotatable bonds is 9. The van der Waals surface area contributed by atoms with E-state index in [0.717, 1.165) is 44.9 Å². The molecule has 0 aliphatic heterocycles. The summed E-state index contributed by atoms with van der Waals surface area (Å²) in [4.78, 5) is 28.7. The highest BCUT2D eigenvalue weighted by Gasteiger charge is 2.28. The molecule has 4 aromatic rings. The molecule has 0 aliphatic carbocycles. The number of aromatic nitrogens is 2. The number of phosphoric ester groups is 1. The van der Waals surface area contributed by atoms with Crippen LogP contribution in [0.2, 0.25) is 0 Å². The van der Waals surface area contributed by atoms with E-state index >= 15 is 0 Å². The minimum atomic E-state index is -4.51. The van der Waals surface area contributed by atoms with Gasteiger partial charge in [-0.15, -0.1) is 0 Å². The van der Waals surface area contributed by atoms with Gasteiger partial charge in [-0.2, -0.15) is 0 Å². The number of phosphoric acid groups is 1. The van der Waals surface area contributed by atoms with E-state index in [2.05, 4.69) is 51.1 Å². The lowest BCUT2D eigenvalue weighted by Gasteiger charge is -2.28. The quantitative estimate of drug-likeness (QED) is 0.148. The van der Waals surface area contributed by atoms with Crippen molar-refractivity contribution < 1.29 is 24.0 Å². The molecule has 0 radical (unpaired) electrons. The Hall–Kier alpha value is -3.42. The van der Waals surface area contributed by atoms with Gasteiger partial charge in [0.05, 0.1) is 18.0 Å². The first kappa shape index (κ1) is 31.5. The summed E-state index contributed by atoms with van der Waals surface area (Å²) in [6, 6.07) is 22.1. The minimum absolute atomic E-state index is 0.0828. The number of likely N-dealkylation sites (N-methyl/N-ethyl adjacent to an activating group) is 1. The zero-order valence-electron chi connectivity index (χ0n) is 25.5. The van der Waals surface area contributed by atoms with Crippen molar-refractivity contribution in [2.75, 3.05) is 24.6 Å². The largest absolute Gasteiger partial charge is 0.507 e. The SMILES string of the molecule is CCN(CCOP(=O)(O)O)c1ccc(-c2nc(-c3cc(C(C)(C)C)c(O)c(C(C)(C)C)c3)[nH]c2-c2ccccc2)cc1. The van der Waals surface area contributed by atoms with Crippen LogP contribution >= 0.6 is 7.82 Å². The predicted molar refractivity (Wildman–Crippen MR) is 170 cm³/mol. The van der Waals surface area contributed by atoms with E-state index in [9.17, 15) is 9.67 Å². The molecule has 0 amide bonds. The molecular weight excluding hydrogens is 549 g/mol. The number of hydrogen-bond acceptors (Lipinski definition) is 5. The van der Waals surface area contributed by atoms with E-state index in [1.54, 1.807) is 0 Å². The van der Waals surface area contributed by atoms with Crippen molar-refractivity contribution >= 4 is 13.5 Å². The number of aromatic amines is 1. The van der Waals surface area contributed by atoms with Gasteiger partial charge < -0.3 is 24.8 Å². The minimum Gasteiger partial charge on any atom is -0.507 e. The van der Waals surface area contributed by atoms with Gasteiger partial charge in [-0.05, 0) is 42.0 Å². The number of nitrogens with one attached hydrogen (secondary N) is 1. The smallest absolute Gasteiger partial charge is 0.469 e. The summed E-state index contributed by atoms with van der Waals surface area (Å²) in [5.41, 5.74) is 6.65. The van der Waals surface area contributed by atoms with Crippen LogP contribution < -0.4 is 4.90 Å². The molecule has 0 saturated carbocycles. The Morgan fingerprint density at radius 3 is 1.93 bits per heavy atom. The van der Waals surface area contributed by atoms with E-state index < -0.39 is 7.82 Å². The number of phenolic OH excluding ortho intramolecular Hbond substituents is 1. The van der Waals surface area contributed by atoms with E-state index in [1.165, 1.54) is 0 Å². The molecule has 3 aromatic carbocycles. The third-order valence-corrected chi connectivity index (χ3v) is 7.79. The number of benzene rings is 3. The molecule has 0 bridgehead atoms. The second kappa shape index (κ2) is 12.1. The standard InChI is InChI=1S/C33H42N3O5P/c1-8-36(18-19-41-42(38,39)40)25-16-14-23(15-17-25)29-28(22-12-10-9-11-13-22)34-31(35-29)24-20-26(32(2,3)4)30(37)27(21-24)33(5,6)7/h9-17,20-21,37H,8,18-19H2,1-7H3,(H,34,35)(H2,38,39,40). The van der Waals surface area contributed by atoms with E-state index in [-0.39, 0.29) is 17.4 Å². The van der Waals surface area contributed by atoms with Crippen molar-refractivity contribution in [2.24, 2.45) is 0 Å². The van der Waals surface area contributed by atoms with Crippen LogP contribution in [-0.2, 0) is 19.9 Å². The summed E-state index contributed by atoms with van der Waals surface area (Å²) in [6.45, 7) is 15.5. The number of imidazole rings is 1. The topological polar surface area (TPSA) is 119 Å². The van der Waals surface area contributed by atoms with Crippen molar-refractivity contribution in [1.82, 2.24) is 9.97 Å². The summed E-state index contributed by atoms with van der Waals surface area (Å²) in [5.74, 6) is 1.05. The highest BCUT2D eigenvalue weighted by atomic mass is 31.2. The monoisotopic (exact) mass is 591 g/mol. The van der Waals surface area contributed by atoms with Crippen molar-refractivity contribution in [1.29, 1.82) is 0 Å². The predicted octanol–water partition coefficient (Wildman–Crippen LogP) is 7.65. The van der Waals surface area contributed by atoms with E-state index in [1.807, 2.05) is 78.6 Å². The number of nitrogens with zero attached hydrogens (tertiary/aromatic N) is 2. The molecular formula is C33H42N3O5P. The van der Waals surface area contributed by atoms with Gasteiger partial charge in [-0.3, -0.25) is 4.52 Å². The Morgan fingerprint density at radius 2 is 1.43 bits per heavy atom. The molecule has 4 N–H and O–H groups in total. The summed E-state index contributed by atoms with van der Waals surface area (Å²) in [6.07, 6.45) is 0. The number of hydrogen-bond donors (Lipinski definition) is 4.